The lowest BCUT2D eigenvalue weighted by atomic mass is 10.2. The largest absolute Gasteiger partial charge is 0.493 e. The maximum absolute atomic E-state index is 10.3. The van der Waals surface area contributed by atoms with Crippen molar-refractivity contribution in [3.63, 3.8) is 0 Å². The van der Waals surface area contributed by atoms with Crippen LogP contribution in [0.15, 0.2) is 23.4 Å². The normalized spacial score (nSPS) is 15.3. The van der Waals surface area contributed by atoms with Gasteiger partial charge in [-0.15, -0.1) is 0 Å². The van der Waals surface area contributed by atoms with Crippen LogP contribution in [0.2, 0.25) is 0 Å². The van der Waals surface area contributed by atoms with Gasteiger partial charge in [-0.05, 0) is 43.9 Å². The molecule has 0 aromatic heterocycles. The second-order valence-corrected chi connectivity index (χ2v) is 4.84. The highest BCUT2D eigenvalue weighted by molar-refractivity contribution is 5.80. The number of oxime groups is 1. The second kappa shape index (κ2) is 7.52. The number of ether oxygens (including phenoxy) is 2. The smallest absolute Gasteiger partial charge is 0.344 e. The molecule has 1 aromatic carbocycles. The quantitative estimate of drug-likeness (QED) is 0.617. The van der Waals surface area contributed by atoms with Crippen molar-refractivity contribution in [3.05, 3.63) is 23.8 Å². The van der Waals surface area contributed by atoms with Gasteiger partial charge in [-0.1, -0.05) is 5.16 Å². The lowest BCUT2D eigenvalue weighted by Crippen LogP contribution is -2.11. The Hall–Kier alpha value is -2.24. The minimum absolute atomic E-state index is 0.231. The first-order chi connectivity index (χ1) is 10.2. The van der Waals surface area contributed by atoms with Crippen LogP contribution in [0.1, 0.15) is 31.2 Å². The van der Waals surface area contributed by atoms with E-state index in [4.69, 9.17) is 14.6 Å². The fraction of sp³-hybridized carbons (Fsp3) is 0.467. The molecular weight excluding hydrogens is 274 g/mol. The number of benzene rings is 1. The summed E-state index contributed by atoms with van der Waals surface area (Å²) in [5, 5.41) is 12.1. The molecule has 0 heterocycles. The number of aliphatic carboxylic acids is 1. The van der Waals surface area contributed by atoms with Crippen molar-refractivity contribution in [1.82, 2.24) is 0 Å². The van der Waals surface area contributed by atoms with E-state index in [1.165, 1.54) is 19.1 Å². The first-order valence-electron chi connectivity index (χ1n) is 6.91. The van der Waals surface area contributed by atoms with E-state index < -0.39 is 12.6 Å². The third-order valence-electron chi connectivity index (χ3n) is 3.25. The van der Waals surface area contributed by atoms with Crippen LogP contribution in [0.4, 0.5) is 0 Å². The van der Waals surface area contributed by atoms with Crippen molar-refractivity contribution >= 4 is 12.2 Å². The van der Waals surface area contributed by atoms with Crippen LogP contribution < -0.4 is 9.47 Å². The number of hydrogen-bond acceptors (Lipinski definition) is 5. The molecule has 0 radical (unpaired) electrons. The van der Waals surface area contributed by atoms with Gasteiger partial charge in [-0.3, -0.25) is 0 Å². The third kappa shape index (κ3) is 4.66. The van der Waals surface area contributed by atoms with Gasteiger partial charge in [0.25, 0.3) is 0 Å². The molecule has 0 spiro atoms. The molecule has 1 saturated carbocycles. The molecule has 0 amide bonds. The van der Waals surface area contributed by atoms with Crippen LogP contribution in [0, 0.1) is 0 Å². The number of carboxylic acid groups (broad SMARTS) is 1. The molecule has 0 saturated heterocycles. The Morgan fingerprint density at radius 3 is 2.81 bits per heavy atom. The molecule has 0 atom stereocenters. The summed E-state index contributed by atoms with van der Waals surface area (Å²) in [5.41, 5.74) is 0.759. The highest BCUT2D eigenvalue weighted by atomic mass is 16.6. The minimum atomic E-state index is -1.06. The Balaban J connectivity index is 2.03. The summed E-state index contributed by atoms with van der Waals surface area (Å²) in [6.07, 6.45) is 6.18. The second-order valence-electron chi connectivity index (χ2n) is 4.84. The van der Waals surface area contributed by atoms with Gasteiger partial charge in [0.15, 0.2) is 11.5 Å². The van der Waals surface area contributed by atoms with E-state index in [2.05, 4.69) is 9.99 Å². The van der Waals surface area contributed by atoms with Crippen LogP contribution in [-0.2, 0) is 9.63 Å². The van der Waals surface area contributed by atoms with E-state index in [1.54, 1.807) is 19.2 Å². The summed E-state index contributed by atoms with van der Waals surface area (Å²) in [6.45, 7) is -0.460. The van der Waals surface area contributed by atoms with Crippen molar-refractivity contribution in [2.45, 2.75) is 31.8 Å². The zero-order valence-corrected chi connectivity index (χ0v) is 11.9. The summed E-state index contributed by atoms with van der Waals surface area (Å²) in [6, 6.07) is 5.40. The molecular formula is C15H19NO5. The van der Waals surface area contributed by atoms with Gasteiger partial charge in [0.05, 0.1) is 19.4 Å². The molecule has 1 fully saturated rings. The van der Waals surface area contributed by atoms with E-state index in [-0.39, 0.29) is 6.10 Å². The molecule has 6 nitrogen and oxygen atoms in total. The number of carbonyl (C=O) groups is 1. The first kappa shape index (κ1) is 15.2. The van der Waals surface area contributed by atoms with Crippen LogP contribution >= 0.6 is 0 Å². The van der Waals surface area contributed by atoms with Crippen molar-refractivity contribution in [1.29, 1.82) is 0 Å². The Bertz CT molecular complexity index is 509. The number of methoxy groups -OCH3 is 1. The van der Waals surface area contributed by atoms with Crippen LogP contribution in [0.3, 0.4) is 0 Å². The molecule has 0 aliphatic heterocycles. The molecule has 1 aliphatic rings. The number of rotatable bonds is 7. The molecule has 1 aromatic rings. The van der Waals surface area contributed by atoms with Gasteiger partial charge >= 0.3 is 5.97 Å². The minimum Gasteiger partial charge on any atom is -0.493 e. The Morgan fingerprint density at radius 2 is 2.14 bits per heavy atom. The van der Waals surface area contributed by atoms with Gasteiger partial charge in [-0.2, -0.15) is 0 Å². The van der Waals surface area contributed by atoms with Crippen LogP contribution in [0.5, 0.6) is 11.5 Å². The maximum atomic E-state index is 10.3. The lowest BCUT2D eigenvalue weighted by Gasteiger charge is -2.16. The average Bonchev–Trinajstić information content (AvgIpc) is 2.97. The zero-order chi connectivity index (χ0) is 15.1. The van der Waals surface area contributed by atoms with E-state index in [1.807, 2.05) is 6.07 Å². The van der Waals surface area contributed by atoms with E-state index in [0.717, 1.165) is 18.4 Å². The molecule has 6 heteroatoms. The molecule has 2 rings (SSSR count). The summed E-state index contributed by atoms with van der Waals surface area (Å²) in [5.74, 6) is 0.282. The highest BCUT2D eigenvalue weighted by Crippen LogP contribution is 2.32. The monoisotopic (exact) mass is 293 g/mol. The molecule has 1 N–H and O–H groups in total. The van der Waals surface area contributed by atoms with E-state index >= 15 is 0 Å². The van der Waals surface area contributed by atoms with Crippen molar-refractivity contribution in [2.24, 2.45) is 5.16 Å². The molecule has 0 unspecified atom stereocenters. The number of carboxylic acids is 1. The summed E-state index contributed by atoms with van der Waals surface area (Å²) in [7, 11) is 1.60. The predicted molar refractivity (Wildman–Crippen MR) is 77.1 cm³/mol. The summed E-state index contributed by atoms with van der Waals surface area (Å²) in [4.78, 5) is 14.9. The molecule has 1 aliphatic carbocycles. The number of hydrogen-bond donors (Lipinski definition) is 1. The van der Waals surface area contributed by atoms with Crippen LogP contribution in [-0.4, -0.2) is 37.1 Å². The first-order valence-corrected chi connectivity index (χ1v) is 6.91. The molecule has 114 valence electrons. The fourth-order valence-electron chi connectivity index (χ4n) is 2.24. The van der Waals surface area contributed by atoms with Crippen molar-refractivity contribution in [3.8, 4) is 11.5 Å². The Morgan fingerprint density at radius 1 is 1.38 bits per heavy atom. The van der Waals surface area contributed by atoms with Gasteiger partial charge in [-0.25, -0.2) is 4.79 Å². The Kier molecular flexibility index (Phi) is 5.43. The molecule has 0 bridgehead atoms. The summed E-state index contributed by atoms with van der Waals surface area (Å²) >= 11 is 0. The van der Waals surface area contributed by atoms with Gasteiger partial charge in [0.2, 0.25) is 6.61 Å². The maximum Gasteiger partial charge on any atom is 0.344 e. The standard InChI is InChI=1S/C15H19NO5/c1-19-13-7-6-11(9-16-20-10-15(17)18)8-14(13)21-12-4-2-3-5-12/h6-9,12H,2-5,10H2,1H3,(H,17,18)/b16-9+. The SMILES string of the molecule is COc1ccc(/C=N/OCC(=O)O)cc1OC1CCCC1. The number of nitrogens with zero attached hydrogens (tertiary/aromatic N) is 1. The summed E-state index contributed by atoms with van der Waals surface area (Å²) < 4.78 is 11.3. The zero-order valence-electron chi connectivity index (χ0n) is 11.9. The topological polar surface area (TPSA) is 77.4 Å². The average molecular weight is 293 g/mol. The van der Waals surface area contributed by atoms with Gasteiger partial charge < -0.3 is 19.4 Å². The van der Waals surface area contributed by atoms with Crippen molar-refractivity contribution in [2.75, 3.05) is 13.7 Å². The predicted octanol–water partition coefficient (Wildman–Crippen LogP) is 2.45. The van der Waals surface area contributed by atoms with Gasteiger partial charge in [0, 0.05) is 5.56 Å². The van der Waals surface area contributed by atoms with Crippen LogP contribution in [0.25, 0.3) is 0 Å². The highest BCUT2D eigenvalue weighted by Gasteiger charge is 2.18. The molecule has 21 heavy (non-hydrogen) atoms. The van der Waals surface area contributed by atoms with Crippen molar-refractivity contribution < 1.29 is 24.2 Å². The lowest BCUT2D eigenvalue weighted by molar-refractivity contribution is -0.142. The van der Waals surface area contributed by atoms with Gasteiger partial charge in [0.1, 0.15) is 0 Å². The van der Waals surface area contributed by atoms with E-state index in [0.29, 0.717) is 11.5 Å². The fourth-order valence-corrected chi connectivity index (χ4v) is 2.24. The third-order valence-corrected chi connectivity index (χ3v) is 3.25. The van der Waals surface area contributed by atoms with E-state index in [9.17, 15) is 4.79 Å². The Labute approximate surface area is 123 Å².